The van der Waals surface area contributed by atoms with Crippen molar-refractivity contribution in [3.05, 3.63) is 30.1 Å². The first kappa shape index (κ1) is 7.74. The summed E-state index contributed by atoms with van der Waals surface area (Å²) in [6.07, 6.45) is 6.04. The summed E-state index contributed by atoms with van der Waals surface area (Å²) >= 11 is 0. The molecule has 1 aliphatic heterocycles. The first-order valence-corrected chi connectivity index (χ1v) is 4.91. The van der Waals surface area contributed by atoms with Crippen molar-refractivity contribution in [2.75, 3.05) is 11.9 Å². The van der Waals surface area contributed by atoms with Crippen LogP contribution >= 0.6 is 0 Å². The van der Waals surface area contributed by atoms with E-state index in [9.17, 15) is 0 Å². The summed E-state index contributed by atoms with van der Waals surface area (Å²) in [5.41, 5.74) is 3.38. The van der Waals surface area contributed by atoms with Crippen molar-refractivity contribution in [3.8, 4) is 0 Å². The van der Waals surface area contributed by atoms with E-state index in [0.29, 0.717) is 0 Å². The third-order valence-electron chi connectivity index (χ3n) is 2.64. The lowest BCUT2D eigenvalue weighted by atomic mass is 10.0. The average Bonchev–Trinajstić information content (AvgIpc) is 2.29. The summed E-state index contributed by atoms with van der Waals surface area (Å²) in [6, 6.07) is 4.03. The van der Waals surface area contributed by atoms with E-state index >= 15 is 0 Å². The average molecular weight is 185 g/mol. The third kappa shape index (κ3) is 1.05. The molecule has 0 atom stereocenters. The lowest BCUT2D eigenvalue weighted by Gasteiger charge is -2.18. The van der Waals surface area contributed by atoms with E-state index in [1.165, 1.54) is 17.7 Å². The molecule has 0 unspecified atom stereocenters. The largest absolute Gasteiger partial charge is 0.384 e. The summed E-state index contributed by atoms with van der Waals surface area (Å²) in [5.74, 6) is 0. The molecule has 0 radical (unpaired) electrons. The van der Waals surface area contributed by atoms with Gasteiger partial charge in [0.25, 0.3) is 0 Å². The van der Waals surface area contributed by atoms with Crippen molar-refractivity contribution in [2.24, 2.45) is 0 Å². The Kier molecular flexibility index (Phi) is 1.63. The van der Waals surface area contributed by atoms with Gasteiger partial charge in [-0.3, -0.25) is 0 Å². The van der Waals surface area contributed by atoms with E-state index in [4.69, 9.17) is 0 Å². The van der Waals surface area contributed by atoms with E-state index < -0.39 is 0 Å². The second-order valence-electron chi connectivity index (χ2n) is 3.56. The van der Waals surface area contributed by atoms with Crippen LogP contribution in [0.3, 0.4) is 0 Å². The highest BCUT2D eigenvalue weighted by molar-refractivity contribution is 5.90. The molecule has 0 saturated heterocycles. The Labute approximate surface area is 82.2 Å². The highest BCUT2D eigenvalue weighted by atomic mass is 14.9. The van der Waals surface area contributed by atoms with Crippen molar-refractivity contribution in [1.82, 2.24) is 9.97 Å². The van der Waals surface area contributed by atoms with E-state index in [1.807, 2.05) is 12.3 Å². The normalized spacial score (nSPS) is 14.9. The highest BCUT2D eigenvalue weighted by Gasteiger charge is 2.12. The Balaban J connectivity index is 2.34. The Hall–Kier alpha value is -1.64. The summed E-state index contributed by atoms with van der Waals surface area (Å²) in [7, 11) is 0. The smallest absolute Gasteiger partial charge is 0.161 e. The Morgan fingerprint density at radius 3 is 3.29 bits per heavy atom. The molecule has 70 valence electrons. The standard InChI is InChI=1S/C11H11N3/c1-3-8-7-14-11-9(4-2-6-13-11)10(8)12-5-1/h2,4,6-7,12H,1,3,5H2. The molecule has 0 bridgehead atoms. The molecule has 1 aliphatic rings. The van der Waals surface area contributed by atoms with E-state index in [0.717, 1.165) is 24.0 Å². The van der Waals surface area contributed by atoms with Gasteiger partial charge in [0, 0.05) is 30.0 Å². The molecule has 0 saturated carbocycles. The number of nitrogens with zero attached hydrogens (tertiary/aromatic N) is 2. The Bertz CT molecular complexity index is 479. The zero-order valence-corrected chi connectivity index (χ0v) is 7.83. The minimum atomic E-state index is 0.834. The van der Waals surface area contributed by atoms with Crippen LogP contribution in [0, 0.1) is 0 Å². The number of rotatable bonds is 0. The van der Waals surface area contributed by atoms with Crippen LogP contribution in [0.25, 0.3) is 11.0 Å². The number of aromatic nitrogens is 2. The van der Waals surface area contributed by atoms with Crippen LogP contribution < -0.4 is 5.32 Å². The van der Waals surface area contributed by atoms with Crippen molar-refractivity contribution in [3.63, 3.8) is 0 Å². The molecule has 0 aliphatic carbocycles. The topological polar surface area (TPSA) is 37.8 Å². The maximum absolute atomic E-state index is 4.34. The minimum Gasteiger partial charge on any atom is -0.384 e. The van der Waals surface area contributed by atoms with Crippen LogP contribution in [0.4, 0.5) is 5.69 Å². The lowest BCUT2D eigenvalue weighted by molar-refractivity contribution is 0.828. The van der Waals surface area contributed by atoms with Crippen LogP contribution in [-0.4, -0.2) is 16.5 Å². The van der Waals surface area contributed by atoms with Gasteiger partial charge in [-0.25, -0.2) is 9.97 Å². The lowest BCUT2D eigenvalue weighted by Crippen LogP contribution is -2.12. The Morgan fingerprint density at radius 2 is 2.29 bits per heavy atom. The third-order valence-corrected chi connectivity index (χ3v) is 2.64. The SMILES string of the molecule is c1cnc2ncc3c(c2c1)NCCC3. The van der Waals surface area contributed by atoms with Crippen LogP contribution in [0.1, 0.15) is 12.0 Å². The number of aryl methyl sites for hydroxylation is 1. The molecule has 14 heavy (non-hydrogen) atoms. The number of anilines is 1. The molecule has 3 heteroatoms. The zero-order chi connectivity index (χ0) is 9.38. The highest BCUT2D eigenvalue weighted by Crippen LogP contribution is 2.27. The van der Waals surface area contributed by atoms with Gasteiger partial charge in [-0.2, -0.15) is 0 Å². The summed E-state index contributed by atoms with van der Waals surface area (Å²) in [6.45, 7) is 1.06. The molecule has 0 spiro atoms. The molecule has 3 heterocycles. The van der Waals surface area contributed by atoms with Gasteiger partial charge in [-0.1, -0.05) is 0 Å². The fraction of sp³-hybridized carbons (Fsp3) is 0.273. The minimum absolute atomic E-state index is 0.834. The van der Waals surface area contributed by atoms with E-state index in [2.05, 4.69) is 21.4 Å². The van der Waals surface area contributed by atoms with Crippen molar-refractivity contribution < 1.29 is 0 Å². The predicted octanol–water partition coefficient (Wildman–Crippen LogP) is 1.99. The van der Waals surface area contributed by atoms with Crippen molar-refractivity contribution in [1.29, 1.82) is 0 Å². The molecule has 3 nitrogen and oxygen atoms in total. The van der Waals surface area contributed by atoms with Crippen molar-refractivity contribution >= 4 is 16.7 Å². The number of fused-ring (bicyclic) bond motifs is 3. The summed E-state index contributed by atoms with van der Waals surface area (Å²) in [4.78, 5) is 8.58. The molecule has 3 rings (SSSR count). The summed E-state index contributed by atoms with van der Waals surface area (Å²) in [5, 5.41) is 4.57. The van der Waals surface area contributed by atoms with E-state index in [-0.39, 0.29) is 0 Å². The van der Waals surface area contributed by atoms with Gasteiger partial charge in [0.2, 0.25) is 0 Å². The van der Waals surface area contributed by atoms with Gasteiger partial charge >= 0.3 is 0 Å². The monoisotopic (exact) mass is 185 g/mol. The predicted molar refractivity (Wildman–Crippen MR) is 56.3 cm³/mol. The first-order chi connectivity index (χ1) is 6.95. The molecular weight excluding hydrogens is 174 g/mol. The zero-order valence-electron chi connectivity index (χ0n) is 7.83. The first-order valence-electron chi connectivity index (χ1n) is 4.91. The van der Waals surface area contributed by atoms with Crippen LogP contribution in [0.15, 0.2) is 24.5 Å². The van der Waals surface area contributed by atoms with Gasteiger partial charge in [-0.15, -0.1) is 0 Å². The molecule has 1 N–H and O–H groups in total. The molecule has 2 aromatic heterocycles. The van der Waals surface area contributed by atoms with Gasteiger partial charge < -0.3 is 5.32 Å². The van der Waals surface area contributed by atoms with Gasteiger partial charge in [0.05, 0.1) is 0 Å². The maximum atomic E-state index is 4.34. The summed E-state index contributed by atoms with van der Waals surface area (Å²) < 4.78 is 0. The molecule has 0 amide bonds. The fourth-order valence-corrected chi connectivity index (χ4v) is 1.96. The number of pyridine rings is 2. The van der Waals surface area contributed by atoms with Crippen molar-refractivity contribution in [2.45, 2.75) is 12.8 Å². The quantitative estimate of drug-likeness (QED) is 0.682. The molecule has 2 aromatic rings. The number of nitrogens with one attached hydrogen (secondary N) is 1. The second kappa shape index (κ2) is 2.94. The molecule has 0 aromatic carbocycles. The second-order valence-corrected chi connectivity index (χ2v) is 3.56. The molecule has 0 fully saturated rings. The van der Waals surface area contributed by atoms with Gasteiger partial charge in [0.1, 0.15) is 0 Å². The van der Waals surface area contributed by atoms with Crippen LogP contribution in [-0.2, 0) is 6.42 Å². The number of hydrogen-bond acceptors (Lipinski definition) is 3. The Morgan fingerprint density at radius 1 is 1.29 bits per heavy atom. The van der Waals surface area contributed by atoms with Gasteiger partial charge in [0.15, 0.2) is 5.65 Å². The number of hydrogen-bond donors (Lipinski definition) is 1. The van der Waals surface area contributed by atoms with Gasteiger partial charge in [-0.05, 0) is 30.5 Å². The maximum Gasteiger partial charge on any atom is 0.161 e. The van der Waals surface area contributed by atoms with E-state index in [1.54, 1.807) is 6.20 Å². The van der Waals surface area contributed by atoms with Crippen LogP contribution in [0.2, 0.25) is 0 Å². The van der Waals surface area contributed by atoms with Crippen LogP contribution in [0.5, 0.6) is 0 Å². The fourth-order valence-electron chi connectivity index (χ4n) is 1.96. The molecular formula is C11H11N3.